The lowest BCUT2D eigenvalue weighted by Crippen LogP contribution is -2.06. The molecule has 7 nitrogen and oxygen atoms in total. The Morgan fingerprint density at radius 2 is 2.00 bits per heavy atom. The lowest BCUT2D eigenvalue weighted by atomic mass is 10.1. The van der Waals surface area contributed by atoms with Gasteiger partial charge in [-0.15, -0.1) is 11.3 Å². The summed E-state index contributed by atoms with van der Waals surface area (Å²) in [5.74, 6) is 2.12. The highest BCUT2D eigenvalue weighted by molar-refractivity contribution is 7.25. The van der Waals surface area contributed by atoms with E-state index in [1.807, 2.05) is 30.3 Å². The molecule has 0 unspecified atom stereocenters. The van der Waals surface area contributed by atoms with Crippen molar-refractivity contribution in [3.05, 3.63) is 53.9 Å². The summed E-state index contributed by atoms with van der Waals surface area (Å²) in [5.41, 5.74) is 1.05. The van der Waals surface area contributed by atoms with Gasteiger partial charge in [-0.1, -0.05) is 24.3 Å². The SMILES string of the molecule is O=C(O)CCCc1nc(NCc2ccc3c(c2)OCO3)c2c(n1)sc1ccccc12. The number of aliphatic carboxylic acids is 1. The van der Waals surface area contributed by atoms with Gasteiger partial charge in [0.15, 0.2) is 11.5 Å². The number of hydrogen-bond acceptors (Lipinski definition) is 7. The van der Waals surface area contributed by atoms with Crippen LogP contribution in [0.3, 0.4) is 0 Å². The second-order valence-electron chi connectivity index (χ2n) is 7.06. The largest absolute Gasteiger partial charge is 0.481 e. The van der Waals surface area contributed by atoms with E-state index in [0.717, 1.165) is 43.2 Å². The smallest absolute Gasteiger partial charge is 0.303 e. The summed E-state index contributed by atoms with van der Waals surface area (Å²) in [6, 6.07) is 14.0. The Kier molecular flexibility index (Phi) is 4.84. The zero-order chi connectivity index (χ0) is 20.5. The van der Waals surface area contributed by atoms with Crippen LogP contribution >= 0.6 is 11.3 Å². The van der Waals surface area contributed by atoms with Crippen LogP contribution in [0.2, 0.25) is 0 Å². The van der Waals surface area contributed by atoms with Crippen LogP contribution in [0.1, 0.15) is 24.2 Å². The summed E-state index contributed by atoms with van der Waals surface area (Å²) in [7, 11) is 0. The van der Waals surface area contributed by atoms with E-state index in [2.05, 4.69) is 17.4 Å². The summed E-state index contributed by atoms with van der Waals surface area (Å²) in [6.45, 7) is 0.820. The molecule has 0 saturated heterocycles. The van der Waals surface area contributed by atoms with Gasteiger partial charge in [0.25, 0.3) is 0 Å². The standard InChI is InChI=1S/C22H19N3O4S/c26-19(27)7-3-6-18-24-21(20-14-4-1-2-5-17(14)30-22(20)25-18)23-11-13-8-9-15-16(10-13)29-12-28-15/h1-2,4-5,8-10H,3,6-7,11-12H2,(H,26,27)(H,23,24,25). The third kappa shape index (κ3) is 3.61. The minimum absolute atomic E-state index is 0.105. The highest BCUT2D eigenvalue weighted by atomic mass is 32.1. The molecule has 0 fully saturated rings. The number of carboxylic acids is 1. The number of aryl methyl sites for hydroxylation is 1. The molecule has 1 aliphatic rings. The van der Waals surface area contributed by atoms with Crippen LogP contribution in [0, 0.1) is 0 Å². The van der Waals surface area contributed by atoms with Crippen LogP contribution in [0.5, 0.6) is 11.5 Å². The first-order valence-electron chi connectivity index (χ1n) is 9.70. The first kappa shape index (κ1) is 18.6. The Labute approximate surface area is 176 Å². The first-order chi connectivity index (χ1) is 14.7. The summed E-state index contributed by atoms with van der Waals surface area (Å²) in [4.78, 5) is 21.2. The van der Waals surface area contributed by atoms with Crippen LogP contribution in [-0.2, 0) is 17.8 Å². The zero-order valence-electron chi connectivity index (χ0n) is 16.1. The van der Waals surface area contributed by atoms with Crippen molar-refractivity contribution in [2.24, 2.45) is 0 Å². The molecule has 152 valence electrons. The number of nitrogens with one attached hydrogen (secondary N) is 1. The second kappa shape index (κ2) is 7.79. The zero-order valence-corrected chi connectivity index (χ0v) is 16.9. The average Bonchev–Trinajstić information content (AvgIpc) is 3.35. The number of nitrogens with zero attached hydrogens (tertiary/aromatic N) is 2. The second-order valence-corrected chi connectivity index (χ2v) is 8.09. The van der Waals surface area contributed by atoms with Gasteiger partial charge in [-0.3, -0.25) is 4.79 Å². The molecule has 0 radical (unpaired) electrons. The molecule has 3 heterocycles. The number of rotatable bonds is 7. The number of hydrogen-bond donors (Lipinski definition) is 2. The van der Waals surface area contributed by atoms with Gasteiger partial charge < -0.3 is 19.9 Å². The van der Waals surface area contributed by atoms with Gasteiger partial charge in [0.2, 0.25) is 6.79 Å². The van der Waals surface area contributed by atoms with Crippen LogP contribution in [0.15, 0.2) is 42.5 Å². The molecule has 4 aromatic rings. The van der Waals surface area contributed by atoms with Gasteiger partial charge in [-0.25, -0.2) is 9.97 Å². The van der Waals surface area contributed by atoms with Crippen molar-refractivity contribution in [1.82, 2.24) is 9.97 Å². The fourth-order valence-electron chi connectivity index (χ4n) is 3.54. The Morgan fingerprint density at radius 1 is 1.13 bits per heavy atom. The number of carbonyl (C=O) groups is 1. The molecular formula is C22H19N3O4S. The molecule has 0 bridgehead atoms. The molecule has 2 N–H and O–H groups in total. The van der Waals surface area contributed by atoms with Crippen molar-refractivity contribution in [3.63, 3.8) is 0 Å². The third-order valence-corrected chi connectivity index (χ3v) is 6.04. The number of carboxylic acid groups (broad SMARTS) is 1. The van der Waals surface area contributed by atoms with Gasteiger partial charge in [-0.2, -0.15) is 0 Å². The van der Waals surface area contributed by atoms with E-state index in [-0.39, 0.29) is 13.2 Å². The quantitative estimate of drug-likeness (QED) is 0.451. The molecular weight excluding hydrogens is 402 g/mol. The molecule has 0 aliphatic carbocycles. The van der Waals surface area contributed by atoms with E-state index in [0.29, 0.717) is 25.2 Å². The lowest BCUT2D eigenvalue weighted by molar-refractivity contribution is -0.137. The number of anilines is 1. The monoisotopic (exact) mass is 421 g/mol. The molecule has 0 amide bonds. The molecule has 8 heteroatoms. The lowest BCUT2D eigenvalue weighted by Gasteiger charge is -2.10. The molecule has 0 atom stereocenters. The van der Waals surface area contributed by atoms with Gasteiger partial charge in [0, 0.05) is 29.5 Å². The maximum Gasteiger partial charge on any atom is 0.303 e. The number of ether oxygens (including phenoxy) is 2. The number of aromatic nitrogens is 2. The molecule has 2 aromatic heterocycles. The summed E-state index contributed by atoms with van der Waals surface area (Å²) >= 11 is 1.62. The normalized spacial score (nSPS) is 12.5. The molecule has 5 rings (SSSR count). The van der Waals surface area contributed by atoms with Crippen molar-refractivity contribution < 1.29 is 19.4 Å². The van der Waals surface area contributed by atoms with E-state index >= 15 is 0 Å². The fourth-order valence-corrected chi connectivity index (χ4v) is 4.64. The van der Waals surface area contributed by atoms with E-state index < -0.39 is 5.97 Å². The highest BCUT2D eigenvalue weighted by Gasteiger charge is 2.16. The van der Waals surface area contributed by atoms with Gasteiger partial charge >= 0.3 is 5.97 Å². The highest BCUT2D eigenvalue weighted by Crippen LogP contribution is 2.37. The Morgan fingerprint density at radius 3 is 2.90 bits per heavy atom. The molecule has 1 aliphatic heterocycles. The minimum Gasteiger partial charge on any atom is -0.481 e. The predicted octanol–water partition coefficient (Wildman–Crippen LogP) is 4.59. The van der Waals surface area contributed by atoms with Crippen LogP contribution in [0.4, 0.5) is 5.82 Å². The van der Waals surface area contributed by atoms with E-state index in [1.165, 1.54) is 0 Å². The average molecular weight is 421 g/mol. The topological polar surface area (TPSA) is 93.6 Å². The summed E-state index contributed by atoms with van der Waals surface area (Å²) < 4.78 is 12.0. The minimum atomic E-state index is -0.806. The molecule has 2 aromatic carbocycles. The maximum absolute atomic E-state index is 10.9. The Bertz CT molecular complexity index is 1250. The van der Waals surface area contributed by atoms with Crippen molar-refractivity contribution >= 4 is 43.4 Å². The van der Waals surface area contributed by atoms with Crippen LogP contribution < -0.4 is 14.8 Å². The van der Waals surface area contributed by atoms with Crippen molar-refractivity contribution in [2.45, 2.75) is 25.8 Å². The van der Waals surface area contributed by atoms with Crippen LogP contribution in [0.25, 0.3) is 20.3 Å². The maximum atomic E-state index is 10.9. The summed E-state index contributed by atoms with van der Waals surface area (Å²) in [6.07, 6.45) is 1.14. The van der Waals surface area contributed by atoms with Gasteiger partial charge in [0.05, 0.1) is 5.39 Å². The van der Waals surface area contributed by atoms with E-state index in [4.69, 9.17) is 24.5 Å². The summed E-state index contributed by atoms with van der Waals surface area (Å²) in [5, 5.41) is 14.5. The molecule has 0 saturated carbocycles. The number of thiophene rings is 1. The predicted molar refractivity (Wildman–Crippen MR) is 115 cm³/mol. The first-order valence-corrected chi connectivity index (χ1v) is 10.5. The van der Waals surface area contributed by atoms with Crippen molar-refractivity contribution in [1.29, 1.82) is 0 Å². The van der Waals surface area contributed by atoms with Crippen LogP contribution in [-0.4, -0.2) is 27.8 Å². The molecule has 30 heavy (non-hydrogen) atoms. The van der Waals surface area contributed by atoms with E-state index in [9.17, 15) is 4.79 Å². The number of benzene rings is 2. The van der Waals surface area contributed by atoms with Crippen molar-refractivity contribution in [3.8, 4) is 11.5 Å². The Balaban J connectivity index is 1.48. The molecule has 0 spiro atoms. The van der Waals surface area contributed by atoms with Gasteiger partial charge in [-0.05, 0) is 30.2 Å². The fraction of sp³-hybridized carbons (Fsp3) is 0.227. The van der Waals surface area contributed by atoms with Gasteiger partial charge in [0.1, 0.15) is 16.5 Å². The number of fused-ring (bicyclic) bond motifs is 4. The third-order valence-electron chi connectivity index (χ3n) is 4.97. The van der Waals surface area contributed by atoms with E-state index in [1.54, 1.807) is 11.3 Å². The Hall–Kier alpha value is -3.39. The van der Waals surface area contributed by atoms with Crippen molar-refractivity contribution in [2.75, 3.05) is 12.1 Å².